The molecule has 0 bridgehead atoms. The lowest BCUT2D eigenvalue weighted by atomic mass is 9.48. The van der Waals surface area contributed by atoms with Crippen LogP contribution in [0.5, 0.6) is 0 Å². The molecule has 3 fully saturated rings. The molecule has 5 rings (SSSR count). The van der Waals surface area contributed by atoms with Gasteiger partial charge in [-0.1, -0.05) is 31.6 Å². The van der Waals surface area contributed by atoms with Gasteiger partial charge in [-0.3, -0.25) is 9.59 Å². The molecular formula is C33H46Cl2N2O3. The van der Waals surface area contributed by atoms with Gasteiger partial charge < -0.3 is 15.0 Å². The highest BCUT2D eigenvalue weighted by Gasteiger charge is 2.59. The number of allylic oxidation sites excluding steroid dienone is 1. The zero-order valence-corrected chi connectivity index (χ0v) is 25.7. The number of halogens is 2. The Morgan fingerprint density at radius 3 is 2.50 bits per heavy atom. The van der Waals surface area contributed by atoms with Crippen LogP contribution in [0, 0.1) is 28.6 Å². The van der Waals surface area contributed by atoms with E-state index in [1.54, 1.807) is 0 Å². The Bertz CT molecular complexity index is 1090. The average molecular weight is 590 g/mol. The van der Waals surface area contributed by atoms with Crippen molar-refractivity contribution in [2.24, 2.45) is 28.6 Å². The molecule has 6 atom stereocenters. The van der Waals surface area contributed by atoms with Crippen molar-refractivity contribution in [3.05, 3.63) is 41.5 Å². The van der Waals surface area contributed by atoms with Gasteiger partial charge in [-0.05, 0) is 98.7 Å². The maximum atomic E-state index is 13.0. The van der Waals surface area contributed by atoms with E-state index >= 15 is 0 Å². The molecule has 6 unspecified atom stereocenters. The van der Waals surface area contributed by atoms with E-state index in [2.05, 4.69) is 48.3 Å². The van der Waals surface area contributed by atoms with Gasteiger partial charge in [0, 0.05) is 55.0 Å². The highest BCUT2D eigenvalue weighted by atomic mass is 35.5. The van der Waals surface area contributed by atoms with Crippen LogP contribution in [-0.4, -0.2) is 49.4 Å². The monoisotopic (exact) mass is 588 g/mol. The Morgan fingerprint density at radius 1 is 1.02 bits per heavy atom. The number of nitrogens with one attached hydrogen (secondary N) is 1. The molecule has 4 aliphatic rings. The lowest BCUT2D eigenvalue weighted by Gasteiger charge is -2.56. The number of alkyl halides is 2. The molecule has 1 amide bonds. The molecule has 5 nitrogen and oxygen atoms in total. The van der Waals surface area contributed by atoms with Crippen molar-refractivity contribution in [2.75, 3.05) is 36.3 Å². The molecule has 1 N–H and O–H groups in total. The first-order valence-electron chi connectivity index (χ1n) is 15.4. The molecule has 0 aromatic heterocycles. The summed E-state index contributed by atoms with van der Waals surface area (Å²) < 4.78 is 6.24. The fourth-order valence-electron chi connectivity index (χ4n) is 8.81. The van der Waals surface area contributed by atoms with Gasteiger partial charge in [0.15, 0.2) is 0 Å². The van der Waals surface area contributed by atoms with Gasteiger partial charge in [0.25, 0.3) is 0 Å². The van der Waals surface area contributed by atoms with Gasteiger partial charge in [0.05, 0.1) is 0 Å². The zero-order chi connectivity index (χ0) is 28.3. The SMILES string of the molecule is CC12CCNC(=O)C=C1CCC1C2CCC2(C)C(OC(=O)CCCc3ccc(N(CCCl)CCCl)cc3)CCC12. The average Bonchev–Trinajstić information content (AvgIpc) is 3.17. The van der Waals surface area contributed by atoms with Gasteiger partial charge in [0.2, 0.25) is 5.91 Å². The van der Waals surface area contributed by atoms with Crippen LogP contribution in [-0.2, 0) is 20.7 Å². The molecule has 3 saturated carbocycles. The van der Waals surface area contributed by atoms with E-state index in [0.29, 0.717) is 35.9 Å². The van der Waals surface area contributed by atoms with E-state index in [0.717, 1.165) is 83.1 Å². The lowest BCUT2D eigenvalue weighted by Crippen LogP contribution is -2.51. The second-order valence-electron chi connectivity index (χ2n) is 13.0. The molecule has 40 heavy (non-hydrogen) atoms. The van der Waals surface area contributed by atoms with Gasteiger partial charge in [-0.2, -0.15) is 0 Å². The summed E-state index contributed by atoms with van der Waals surface area (Å²) in [5, 5.41) is 3.06. The number of benzene rings is 1. The molecule has 0 radical (unpaired) electrons. The van der Waals surface area contributed by atoms with Gasteiger partial charge in [-0.25, -0.2) is 0 Å². The summed E-state index contributed by atoms with van der Waals surface area (Å²) in [7, 11) is 0. The normalized spacial score (nSPS) is 33.1. The fourth-order valence-corrected chi connectivity index (χ4v) is 9.22. The third-order valence-corrected chi connectivity index (χ3v) is 11.4. The minimum absolute atomic E-state index is 0.0298. The molecule has 1 aromatic rings. The summed E-state index contributed by atoms with van der Waals surface area (Å²) in [5.41, 5.74) is 3.91. The largest absolute Gasteiger partial charge is 0.462 e. The number of carbonyl (C=O) groups is 2. The first-order chi connectivity index (χ1) is 19.3. The Kier molecular flexibility index (Phi) is 9.41. The molecule has 1 heterocycles. The summed E-state index contributed by atoms with van der Waals surface area (Å²) in [6.07, 6.45) is 11.7. The van der Waals surface area contributed by atoms with Gasteiger partial charge in [-0.15, -0.1) is 23.2 Å². The van der Waals surface area contributed by atoms with Crippen LogP contribution in [0.1, 0.15) is 77.2 Å². The van der Waals surface area contributed by atoms with Crippen LogP contribution in [0.25, 0.3) is 0 Å². The number of fused-ring (bicyclic) bond motifs is 5. The minimum Gasteiger partial charge on any atom is -0.462 e. The van der Waals surface area contributed by atoms with Crippen LogP contribution < -0.4 is 10.2 Å². The third-order valence-electron chi connectivity index (χ3n) is 11.0. The van der Waals surface area contributed by atoms with Crippen molar-refractivity contribution in [1.29, 1.82) is 0 Å². The van der Waals surface area contributed by atoms with Gasteiger partial charge >= 0.3 is 5.97 Å². The topological polar surface area (TPSA) is 58.6 Å². The molecular weight excluding hydrogens is 543 g/mol. The van der Waals surface area contributed by atoms with Crippen molar-refractivity contribution in [1.82, 2.24) is 5.32 Å². The Labute approximate surface area is 250 Å². The smallest absolute Gasteiger partial charge is 0.306 e. The van der Waals surface area contributed by atoms with Crippen molar-refractivity contribution >= 4 is 40.8 Å². The first kappa shape index (κ1) is 29.8. The predicted molar refractivity (Wildman–Crippen MR) is 163 cm³/mol. The van der Waals surface area contributed by atoms with Crippen molar-refractivity contribution < 1.29 is 14.3 Å². The molecule has 0 saturated heterocycles. The Hall–Kier alpha value is -1.72. The van der Waals surface area contributed by atoms with Crippen molar-refractivity contribution in [3.63, 3.8) is 0 Å². The Morgan fingerprint density at radius 2 is 1.77 bits per heavy atom. The van der Waals surface area contributed by atoms with Crippen molar-refractivity contribution in [2.45, 2.75) is 84.2 Å². The van der Waals surface area contributed by atoms with Crippen LogP contribution in [0.2, 0.25) is 0 Å². The van der Waals surface area contributed by atoms with E-state index in [9.17, 15) is 9.59 Å². The molecule has 7 heteroatoms. The van der Waals surface area contributed by atoms with Crippen LogP contribution in [0.4, 0.5) is 5.69 Å². The summed E-state index contributed by atoms with van der Waals surface area (Å²) in [4.78, 5) is 27.4. The number of rotatable bonds is 10. The standard InChI is InChI=1S/C33H46Cl2N2O3/c1-32-16-19-36-30(38)22-24(32)8-11-26-27-12-13-29(33(27,2)15-14-28(26)32)40-31(39)5-3-4-23-6-9-25(10-7-23)37(20-17-34)21-18-35/h6-7,9-10,22,26-29H,3-5,8,11-21H2,1-2H3,(H,36,38). The highest BCUT2D eigenvalue weighted by molar-refractivity contribution is 6.18. The number of nitrogens with zero attached hydrogens (tertiary/aromatic N) is 1. The van der Waals surface area contributed by atoms with E-state index in [1.165, 1.54) is 11.1 Å². The van der Waals surface area contributed by atoms with Gasteiger partial charge in [0.1, 0.15) is 6.10 Å². The third kappa shape index (κ3) is 5.93. The number of carbonyl (C=O) groups excluding carboxylic acids is 2. The first-order valence-corrected chi connectivity index (χ1v) is 16.5. The van der Waals surface area contributed by atoms with E-state index < -0.39 is 0 Å². The zero-order valence-electron chi connectivity index (χ0n) is 24.2. The number of aryl methyl sites for hydroxylation is 1. The number of amides is 1. The molecule has 1 aromatic carbocycles. The number of ether oxygens (including phenoxy) is 1. The predicted octanol–water partition coefficient (Wildman–Crippen LogP) is 6.89. The maximum absolute atomic E-state index is 13.0. The number of hydrogen-bond acceptors (Lipinski definition) is 4. The second kappa shape index (κ2) is 12.7. The van der Waals surface area contributed by atoms with E-state index in [1.807, 2.05) is 6.08 Å². The summed E-state index contributed by atoms with van der Waals surface area (Å²) in [6.45, 7) is 7.12. The maximum Gasteiger partial charge on any atom is 0.306 e. The number of anilines is 1. The summed E-state index contributed by atoms with van der Waals surface area (Å²) in [5.74, 6) is 3.06. The fraction of sp³-hybridized carbons (Fsp3) is 0.697. The quantitative estimate of drug-likeness (QED) is 0.239. The Balaban J connectivity index is 1.14. The van der Waals surface area contributed by atoms with Crippen LogP contribution in [0.15, 0.2) is 35.9 Å². The molecule has 0 spiro atoms. The number of esters is 1. The highest BCUT2D eigenvalue weighted by Crippen LogP contribution is 2.65. The number of hydrogen-bond donors (Lipinski definition) is 1. The summed E-state index contributed by atoms with van der Waals surface area (Å²) in [6, 6.07) is 8.53. The van der Waals surface area contributed by atoms with E-state index in [4.69, 9.17) is 27.9 Å². The summed E-state index contributed by atoms with van der Waals surface area (Å²) >= 11 is 11.9. The van der Waals surface area contributed by atoms with Crippen LogP contribution >= 0.6 is 23.2 Å². The van der Waals surface area contributed by atoms with Crippen molar-refractivity contribution in [3.8, 4) is 0 Å². The van der Waals surface area contributed by atoms with E-state index in [-0.39, 0.29) is 28.8 Å². The second-order valence-corrected chi connectivity index (χ2v) is 13.8. The lowest BCUT2D eigenvalue weighted by molar-refractivity contribution is -0.159. The molecule has 3 aliphatic carbocycles. The molecule has 1 aliphatic heterocycles. The molecule has 220 valence electrons. The van der Waals surface area contributed by atoms with Crippen LogP contribution in [0.3, 0.4) is 0 Å². The minimum atomic E-state index is -0.0461.